The summed E-state index contributed by atoms with van der Waals surface area (Å²) in [5, 5.41) is 14.4. The highest BCUT2D eigenvalue weighted by Crippen LogP contribution is 2.21. The minimum Gasteiger partial charge on any atom is -0.396 e. The Morgan fingerprint density at radius 2 is 1.85 bits per heavy atom. The molecular formula is C15H24N2O2S. The molecule has 0 bridgehead atoms. The Bertz CT molecular complexity index is 426. The number of aliphatic hydroxyl groups excluding tert-OH is 1. The maximum Gasteiger partial charge on any atom is 0.319 e. The molecule has 4 nitrogen and oxygen atoms in total. The van der Waals surface area contributed by atoms with E-state index in [1.54, 1.807) is 11.8 Å². The molecular weight excluding hydrogens is 272 g/mol. The van der Waals surface area contributed by atoms with Crippen LogP contribution in [0.5, 0.6) is 0 Å². The van der Waals surface area contributed by atoms with Crippen LogP contribution < -0.4 is 10.6 Å². The highest BCUT2D eigenvalue weighted by atomic mass is 32.2. The van der Waals surface area contributed by atoms with Crippen LogP contribution >= 0.6 is 11.8 Å². The number of urea groups is 1. The predicted octanol–water partition coefficient (Wildman–Crippen LogP) is 2.85. The fourth-order valence-electron chi connectivity index (χ4n) is 2.04. The van der Waals surface area contributed by atoms with Crippen molar-refractivity contribution < 1.29 is 9.90 Å². The van der Waals surface area contributed by atoms with Crippen LogP contribution in [0, 0.1) is 20.8 Å². The Morgan fingerprint density at radius 3 is 2.45 bits per heavy atom. The van der Waals surface area contributed by atoms with Gasteiger partial charge in [0, 0.05) is 24.6 Å². The summed E-state index contributed by atoms with van der Waals surface area (Å²) in [4.78, 5) is 11.8. The minimum absolute atomic E-state index is 0.164. The molecule has 0 aliphatic rings. The van der Waals surface area contributed by atoms with Crippen molar-refractivity contribution in [2.75, 3.05) is 30.0 Å². The number of hydrogen-bond donors (Lipinski definition) is 3. The molecule has 0 radical (unpaired) electrons. The molecule has 0 atom stereocenters. The number of carbonyl (C=O) groups excluding carboxylic acids is 1. The zero-order valence-electron chi connectivity index (χ0n) is 12.5. The van der Waals surface area contributed by atoms with E-state index in [1.165, 1.54) is 5.56 Å². The number of carbonyl (C=O) groups is 1. The van der Waals surface area contributed by atoms with E-state index in [4.69, 9.17) is 5.11 Å². The number of rotatable bonds is 7. The van der Waals surface area contributed by atoms with Gasteiger partial charge in [0.2, 0.25) is 0 Å². The summed E-state index contributed by atoms with van der Waals surface area (Å²) < 4.78 is 0. The summed E-state index contributed by atoms with van der Waals surface area (Å²) >= 11 is 1.73. The number of benzene rings is 1. The molecule has 1 aromatic carbocycles. The summed E-state index contributed by atoms with van der Waals surface area (Å²) in [7, 11) is 0. The molecule has 0 unspecified atom stereocenters. The lowest BCUT2D eigenvalue weighted by Crippen LogP contribution is -2.31. The number of aliphatic hydroxyl groups is 1. The Morgan fingerprint density at radius 1 is 1.20 bits per heavy atom. The van der Waals surface area contributed by atoms with Crippen LogP contribution in [-0.2, 0) is 0 Å². The third-order valence-electron chi connectivity index (χ3n) is 2.89. The topological polar surface area (TPSA) is 61.4 Å². The van der Waals surface area contributed by atoms with Crippen LogP contribution in [0.1, 0.15) is 23.1 Å². The fourth-order valence-corrected chi connectivity index (χ4v) is 2.82. The van der Waals surface area contributed by atoms with E-state index in [9.17, 15) is 4.79 Å². The summed E-state index contributed by atoms with van der Waals surface area (Å²) in [5.74, 6) is 1.79. The van der Waals surface area contributed by atoms with Crippen molar-refractivity contribution in [3.8, 4) is 0 Å². The van der Waals surface area contributed by atoms with Gasteiger partial charge in [-0.1, -0.05) is 17.7 Å². The van der Waals surface area contributed by atoms with Gasteiger partial charge in [0.25, 0.3) is 0 Å². The normalized spacial score (nSPS) is 10.4. The van der Waals surface area contributed by atoms with E-state index in [-0.39, 0.29) is 12.6 Å². The molecule has 3 N–H and O–H groups in total. The molecule has 2 amide bonds. The van der Waals surface area contributed by atoms with E-state index < -0.39 is 0 Å². The van der Waals surface area contributed by atoms with Gasteiger partial charge in [0.1, 0.15) is 0 Å². The minimum atomic E-state index is -0.164. The molecule has 112 valence electrons. The number of hydrogen-bond acceptors (Lipinski definition) is 3. The molecule has 0 fully saturated rings. The smallest absolute Gasteiger partial charge is 0.319 e. The first-order valence-electron chi connectivity index (χ1n) is 6.86. The first-order chi connectivity index (χ1) is 9.54. The highest BCUT2D eigenvalue weighted by Gasteiger charge is 2.07. The Balaban J connectivity index is 2.36. The summed E-state index contributed by atoms with van der Waals surface area (Å²) in [6.45, 7) is 6.91. The van der Waals surface area contributed by atoms with Gasteiger partial charge in [-0.25, -0.2) is 4.79 Å². The maximum atomic E-state index is 11.8. The Hall–Kier alpha value is -1.20. The second-order valence-corrected chi connectivity index (χ2v) is 6.07. The van der Waals surface area contributed by atoms with E-state index in [1.807, 2.05) is 20.8 Å². The van der Waals surface area contributed by atoms with Gasteiger partial charge in [0.05, 0.1) is 0 Å². The van der Waals surface area contributed by atoms with Crippen molar-refractivity contribution >= 4 is 23.5 Å². The monoisotopic (exact) mass is 296 g/mol. The average Bonchev–Trinajstić information content (AvgIpc) is 2.38. The third kappa shape index (κ3) is 5.84. The molecule has 0 heterocycles. The van der Waals surface area contributed by atoms with Crippen molar-refractivity contribution in [3.05, 3.63) is 28.8 Å². The van der Waals surface area contributed by atoms with Gasteiger partial charge in [-0.3, -0.25) is 0 Å². The van der Waals surface area contributed by atoms with Gasteiger partial charge in [0.15, 0.2) is 0 Å². The van der Waals surface area contributed by atoms with E-state index in [0.29, 0.717) is 6.54 Å². The lowest BCUT2D eigenvalue weighted by atomic mass is 10.1. The number of amides is 2. The number of aryl methyl sites for hydroxylation is 3. The lowest BCUT2D eigenvalue weighted by molar-refractivity contribution is 0.252. The summed E-state index contributed by atoms with van der Waals surface area (Å²) in [5.41, 5.74) is 4.25. The molecule has 0 aliphatic heterocycles. The van der Waals surface area contributed by atoms with Crippen molar-refractivity contribution in [1.82, 2.24) is 5.32 Å². The van der Waals surface area contributed by atoms with E-state index in [0.717, 1.165) is 34.7 Å². The Labute approximate surface area is 125 Å². The number of nitrogens with one attached hydrogen (secondary N) is 2. The second kappa shape index (κ2) is 8.87. The number of anilines is 1. The van der Waals surface area contributed by atoms with Crippen LogP contribution in [0.4, 0.5) is 10.5 Å². The van der Waals surface area contributed by atoms with Crippen molar-refractivity contribution in [3.63, 3.8) is 0 Å². The van der Waals surface area contributed by atoms with Gasteiger partial charge >= 0.3 is 6.03 Å². The SMILES string of the molecule is Cc1cc(C)c(NC(=O)NCCSCCCO)c(C)c1. The quantitative estimate of drug-likeness (QED) is 0.678. The average molecular weight is 296 g/mol. The molecule has 1 rings (SSSR count). The van der Waals surface area contributed by atoms with Gasteiger partial charge in [-0.15, -0.1) is 0 Å². The standard InChI is InChI=1S/C15H24N2O2S/c1-11-9-12(2)14(13(3)10-11)17-15(19)16-5-8-20-7-4-6-18/h9-10,18H,4-8H2,1-3H3,(H2,16,17,19). The van der Waals surface area contributed by atoms with Crippen LogP contribution in [0.3, 0.4) is 0 Å². The molecule has 5 heteroatoms. The molecule has 0 aromatic heterocycles. The Kier molecular flexibility index (Phi) is 7.47. The van der Waals surface area contributed by atoms with Crippen LogP contribution in [0.15, 0.2) is 12.1 Å². The zero-order chi connectivity index (χ0) is 15.0. The first kappa shape index (κ1) is 16.9. The van der Waals surface area contributed by atoms with Gasteiger partial charge < -0.3 is 15.7 Å². The molecule has 0 spiro atoms. The summed E-state index contributed by atoms with van der Waals surface area (Å²) in [6, 6.07) is 3.96. The fraction of sp³-hybridized carbons (Fsp3) is 0.533. The summed E-state index contributed by atoms with van der Waals surface area (Å²) in [6.07, 6.45) is 0.804. The van der Waals surface area contributed by atoms with Crippen molar-refractivity contribution in [1.29, 1.82) is 0 Å². The predicted molar refractivity (Wildman–Crippen MR) is 86.7 cm³/mol. The molecule has 0 saturated carbocycles. The molecule has 0 aliphatic carbocycles. The molecule has 1 aromatic rings. The lowest BCUT2D eigenvalue weighted by Gasteiger charge is -2.13. The van der Waals surface area contributed by atoms with E-state index >= 15 is 0 Å². The molecule has 0 saturated heterocycles. The second-order valence-electron chi connectivity index (χ2n) is 4.84. The van der Waals surface area contributed by atoms with E-state index in [2.05, 4.69) is 22.8 Å². The first-order valence-corrected chi connectivity index (χ1v) is 8.01. The number of thioether (sulfide) groups is 1. The largest absolute Gasteiger partial charge is 0.396 e. The van der Waals surface area contributed by atoms with Crippen LogP contribution in [-0.4, -0.2) is 35.8 Å². The van der Waals surface area contributed by atoms with Crippen LogP contribution in [0.25, 0.3) is 0 Å². The van der Waals surface area contributed by atoms with Crippen LogP contribution in [0.2, 0.25) is 0 Å². The van der Waals surface area contributed by atoms with Gasteiger partial charge in [-0.05, 0) is 44.1 Å². The molecule has 20 heavy (non-hydrogen) atoms. The highest BCUT2D eigenvalue weighted by molar-refractivity contribution is 7.99. The maximum absolute atomic E-state index is 11.8. The van der Waals surface area contributed by atoms with Crippen molar-refractivity contribution in [2.24, 2.45) is 0 Å². The zero-order valence-corrected chi connectivity index (χ0v) is 13.3. The van der Waals surface area contributed by atoms with Gasteiger partial charge in [-0.2, -0.15) is 11.8 Å². The third-order valence-corrected chi connectivity index (χ3v) is 3.96. The van der Waals surface area contributed by atoms with Crippen molar-refractivity contribution in [2.45, 2.75) is 27.2 Å².